The van der Waals surface area contributed by atoms with Gasteiger partial charge >= 0.3 is 0 Å². The lowest BCUT2D eigenvalue weighted by atomic mass is 10.2. The molecule has 0 radical (unpaired) electrons. The molecule has 0 saturated heterocycles. The molecule has 1 aromatic heterocycles. The van der Waals surface area contributed by atoms with Crippen LogP contribution >= 0.6 is 11.3 Å². The SMILES string of the molecule is CON(CC(C)C)c1nc2ccc(N)cc2s1. The van der Waals surface area contributed by atoms with Crippen LogP contribution in [0.2, 0.25) is 0 Å². The maximum Gasteiger partial charge on any atom is 0.210 e. The third-order valence-electron chi connectivity index (χ3n) is 2.37. The van der Waals surface area contributed by atoms with Crippen LogP contribution in [0.25, 0.3) is 10.2 Å². The molecule has 0 atom stereocenters. The maximum absolute atomic E-state index is 5.76. The normalized spacial score (nSPS) is 11.3. The second-order valence-electron chi connectivity index (χ2n) is 4.36. The quantitative estimate of drug-likeness (QED) is 0.670. The Morgan fingerprint density at radius 2 is 2.24 bits per heavy atom. The van der Waals surface area contributed by atoms with Crippen molar-refractivity contribution in [2.24, 2.45) is 5.92 Å². The van der Waals surface area contributed by atoms with Crippen LogP contribution in [0.5, 0.6) is 0 Å². The van der Waals surface area contributed by atoms with Crippen molar-refractivity contribution in [2.75, 3.05) is 24.5 Å². The van der Waals surface area contributed by atoms with Gasteiger partial charge in [0, 0.05) is 5.69 Å². The first-order chi connectivity index (χ1) is 8.10. The number of hydrogen-bond donors (Lipinski definition) is 1. The van der Waals surface area contributed by atoms with Crippen molar-refractivity contribution in [3.8, 4) is 0 Å². The lowest BCUT2D eigenvalue weighted by Crippen LogP contribution is -2.26. The summed E-state index contributed by atoms with van der Waals surface area (Å²) in [5.41, 5.74) is 7.48. The number of nitrogens with two attached hydrogens (primary N) is 1. The summed E-state index contributed by atoms with van der Waals surface area (Å²) < 4.78 is 1.09. The van der Waals surface area contributed by atoms with Crippen LogP contribution in [0, 0.1) is 5.92 Å². The van der Waals surface area contributed by atoms with Crippen LogP contribution in [0.15, 0.2) is 18.2 Å². The summed E-state index contributed by atoms with van der Waals surface area (Å²) in [6.45, 7) is 5.13. The second kappa shape index (κ2) is 4.89. The molecule has 2 N–H and O–H groups in total. The van der Waals surface area contributed by atoms with Crippen molar-refractivity contribution in [3.05, 3.63) is 18.2 Å². The van der Waals surface area contributed by atoms with Crippen LogP contribution in [0.4, 0.5) is 10.8 Å². The summed E-state index contributed by atoms with van der Waals surface area (Å²) in [7, 11) is 1.67. The molecule has 0 saturated carbocycles. The molecule has 0 aliphatic heterocycles. The van der Waals surface area contributed by atoms with Crippen molar-refractivity contribution < 1.29 is 4.84 Å². The van der Waals surface area contributed by atoms with E-state index in [-0.39, 0.29) is 0 Å². The largest absolute Gasteiger partial charge is 0.399 e. The number of fused-ring (bicyclic) bond motifs is 1. The first-order valence-electron chi connectivity index (χ1n) is 5.58. The zero-order valence-electron chi connectivity index (χ0n) is 10.3. The van der Waals surface area contributed by atoms with Crippen LogP contribution in [-0.4, -0.2) is 18.6 Å². The molecule has 0 unspecified atom stereocenters. The highest BCUT2D eigenvalue weighted by atomic mass is 32.1. The third-order valence-corrected chi connectivity index (χ3v) is 3.39. The van der Waals surface area contributed by atoms with Crippen molar-refractivity contribution >= 4 is 32.4 Å². The van der Waals surface area contributed by atoms with Crippen LogP contribution in [0.1, 0.15) is 13.8 Å². The van der Waals surface area contributed by atoms with E-state index >= 15 is 0 Å². The van der Waals surface area contributed by atoms with Gasteiger partial charge in [0.1, 0.15) is 0 Å². The Kier molecular flexibility index (Phi) is 3.49. The van der Waals surface area contributed by atoms with Gasteiger partial charge in [-0.25, -0.2) is 10.0 Å². The molecule has 4 nitrogen and oxygen atoms in total. The summed E-state index contributed by atoms with van der Waals surface area (Å²) in [6.07, 6.45) is 0. The highest BCUT2D eigenvalue weighted by Gasteiger charge is 2.13. The lowest BCUT2D eigenvalue weighted by Gasteiger charge is -2.20. The third kappa shape index (κ3) is 2.68. The summed E-state index contributed by atoms with van der Waals surface area (Å²) in [5, 5.41) is 2.70. The highest BCUT2D eigenvalue weighted by Crippen LogP contribution is 2.30. The molecule has 1 heterocycles. The van der Waals surface area contributed by atoms with E-state index in [2.05, 4.69) is 18.8 Å². The highest BCUT2D eigenvalue weighted by molar-refractivity contribution is 7.22. The number of nitrogens with zero attached hydrogens (tertiary/aromatic N) is 2. The average Bonchev–Trinajstić information content (AvgIpc) is 2.68. The molecule has 0 bridgehead atoms. The molecule has 0 amide bonds. The number of hydroxylamine groups is 1. The molecule has 2 aromatic rings. The van der Waals surface area contributed by atoms with E-state index < -0.39 is 0 Å². The molecule has 1 aromatic carbocycles. The fraction of sp³-hybridized carbons (Fsp3) is 0.417. The fourth-order valence-electron chi connectivity index (χ4n) is 1.60. The van der Waals surface area contributed by atoms with E-state index in [0.717, 1.165) is 27.6 Å². The molecule has 17 heavy (non-hydrogen) atoms. The maximum atomic E-state index is 5.76. The topological polar surface area (TPSA) is 51.4 Å². The van der Waals surface area contributed by atoms with Gasteiger partial charge in [-0.05, 0) is 24.1 Å². The fourth-order valence-corrected chi connectivity index (χ4v) is 2.60. The molecular formula is C12H17N3OS. The van der Waals surface area contributed by atoms with Gasteiger partial charge in [-0.15, -0.1) is 0 Å². The van der Waals surface area contributed by atoms with E-state index in [9.17, 15) is 0 Å². The number of benzene rings is 1. The Balaban J connectivity index is 2.34. The van der Waals surface area contributed by atoms with Gasteiger partial charge in [-0.3, -0.25) is 4.84 Å². The Morgan fingerprint density at radius 1 is 1.47 bits per heavy atom. The summed E-state index contributed by atoms with van der Waals surface area (Å²) in [5.74, 6) is 0.520. The molecule has 0 spiro atoms. The number of thiazole rings is 1. The summed E-state index contributed by atoms with van der Waals surface area (Å²) >= 11 is 1.60. The minimum Gasteiger partial charge on any atom is -0.399 e. The summed E-state index contributed by atoms with van der Waals surface area (Å²) in [6, 6.07) is 5.75. The first-order valence-corrected chi connectivity index (χ1v) is 6.39. The van der Waals surface area contributed by atoms with Gasteiger partial charge in [0.05, 0.1) is 23.9 Å². The summed E-state index contributed by atoms with van der Waals surface area (Å²) in [4.78, 5) is 9.90. The molecule has 0 aliphatic carbocycles. The zero-order chi connectivity index (χ0) is 12.4. The lowest BCUT2D eigenvalue weighted by molar-refractivity contribution is 0.158. The molecule has 2 rings (SSSR count). The van der Waals surface area contributed by atoms with Gasteiger partial charge in [-0.2, -0.15) is 0 Å². The molecular weight excluding hydrogens is 234 g/mol. The molecule has 0 aliphatic rings. The van der Waals surface area contributed by atoms with Crippen LogP contribution in [-0.2, 0) is 4.84 Å². The van der Waals surface area contributed by atoms with Gasteiger partial charge < -0.3 is 5.73 Å². The average molecular weight is 251 g/mol. The van der Waals surface area contributed by atoms with E-state index in [1.54, 1.807) is 18.4 Å². The van der Waals surface area contributed by atoms with E-state index in [0.29, 0.717) is 5.92 Å². The minimum absolute atomic E-state index is 0.520. The van der Waals surface area contributed by atoms with E-state index in [4.69, 9.17) is 10.6 Å². The molecule has 5 heteroatoms. The Labute approximate surface area is 105 Å². The van der Waals surface area contributed by atoms with Crippen LogP contribution in [0.3, 0.4) is 0 Å². The first kappa shape index (κ1) is 12.1. The number of hydrogen-bond acceptors (Lipinski definition) is 5. The van der Waals surface area contributed by atoms with Gasteiger partial charge in [-0.1, -0.05) is 25.2 Å². The molecule has 92 valence electrons. The van der Waals surface area contributed by atoms with Crippen LogP contribution < -0.4 is 10.8 Å². The smallest absolute Gasteiger partial charge is 0.210 e. The standard InChI is InChI=1S/C12H17N3OS/c1-8(2)7-15(16-3)12-14-10-5-4-9(13)6-11(10)17-12/h4-6,8H,7,13H2,1-3H3. The Morgan fingerprint density at radius 3 is 2.88 bits per heavy atom. The monoisotopic (exact) mass is 251 g/mol. The van der Waals surface area contributed by atoms with Gasteiger partial charge in [0.2, 0.25) is 5.13 Å². The Hall–Kier alpha value is -1.33. The van der Waals surface area contributed by atoms with Crippen molar-refractivity contribution in [1.82, 2.24) is 4.98 Å². The van der Waals surface area contributed by atoms with Gasteiger partial charge in [0.25, 0.3) is 0 Å². The van der Waals surface area contributed by atoms with Crippen molar-refractivity contribution in [1.29, 1.82) is 0 Å². The van der Waals surface area contributed by atoms with E-state index in [1.165, 1.54) is 0 Å². The van der Waals surface area contributed by atoms with E-state index in [1.807, 2.05) is 23.3 Å². The Bertz CT molecular complexity index is 509. The second-order valence-corrected chi connectivity index (χ2v) is 5.37. The number of rotatable bonds is 4. The number of nitrogen functional groups attached to an aromatic ring is 1. The molecule has 0 fully saturated rings. The van der Waals surface area contributed by atoms with Gasteiger partial charge in [0.15, 0.2) is 0 Å². The number of anilines is 2. The zero-order valence-corrected chi connectivity index (χ0v) is 11.1. The predicted molar refractivity (Wildman–Crippen MR) is 73.2 cm³/mol. The van der Waals surface area contributed by atoms with Crippen molar-refractivity contribution in [2.45, 2.75) is 13.8 Å². The predicted octanol–water partition coefficient (Wildman–Crippen LogP) is 2.90. The number of aromatic nitrogens is 1. The minimum atomic E-state index is 0.520. The van der Waals surface area contributed by atoms with Crippen molar-refractivity contribution in [3.63, 3.8) is 0 Å².